The lowest BCUT2D eigenvalue weighted by molar-refractivity contribution is -0.114. The van der Waals surface area contributed by atoms with Gasteiger partial charge >= 0.3 is 0 Å². The molecule has 1 unspecified atom stereocenters. The van der Waals surface area contributed by atoms with E-state index in [0.717, 1.165) is 23.1 Å². The van der Waals surface area contributed by atoms with Crippen LogP contribution in [0.3, 0.4) is 0 Å². The number of sulfonamides is 1. The van der Waals surface area contributed by atoms with Crippen LogP contribution in [0.25, 0.3) is 16.9 Å². The number of nitrogens with two attached hydrogens (primary N) is 1. The highest BCUT2D eigenvalue weighted by Gasteiger charge is 2.44. The van der Waals surface area contributed by atoms with Gasteiger partial charge in [-0.1, -0.05) is 38.1 Å². The van der Waals surface area contributed by atoms with Gasteiger partial charge < -0.3 is 10.5 Å². The van der Waals surface area contributed by atoms with E-state index in [-0.39, 0.29) is 23.7 Å². The van der Waals surface area contributed by atoms with E-state index < -0.39 is 26.9 Å². The van der Waals surface area contributed by atoms with Crippen molar-refractivity contribution in [2.24, 2.45) is 5.73 Å². The minimum absolute atomic E-state index is 0.101. The summed E-state index contributed by atoms with van der Waals surface area (Å²) in [6, 6.07) is 9.70. The Balaban J connectivity index is 1.76. The fourth-order valence-corrected chi connectivity index (χ4v) is 6.19. The number of halogens is 1. The second-order valence-corrected chi connectivity index (χ2v) is 14.0. The fourth-order valence-electron chi connectivity index (χ4n) is 5.64. The molecule has 0 aliphatic heterocycles. The number of benzene rings is 2. The monoisotopic (exact) mass is 633 g/mol. The van der Waals surface area contributed by atoms with Crippen molar-refractivity contribution < 1.29 is 22.3 Å². The molecule has 0 bridgehead atoms. The average molecular weight is 634 g/mol. The maximum Gasteiger partial charge on any atom is 0.244 e. The zero-order valence-corrected chi connectivity index (χ0v) is 27.0. The highest BCUT2D eigenvalue weighted by Crippen LogP contribution is 2.49. The van der Waals surface area contributed by atoms with Crippen molar-refractivity contribution in [2.45, 2.75) is 52.0 Å². The summed E-state index contributed by atoms with van der Waals surface area (Å²) >= 11 is 0. The minimum atomic E-state index is -3.70. The molecule has 45 heavy (non-hydrogen) atoms. The van der Waals surface area contributed by atoms with Gasteiger partial charge in [-0.3, -0.25) is 9.52 Å². The lowest BCUT2D eigenvalue weighted by Gasteiger charge is -2.39. The van der Waals surface area contributed by atoms with E-state index in [1.165, 1.54) is 19.2 Å². The van der Waals surface area contributed by atoms with Gasteiger partial charge in [-0.25, -0.2) is 22.2 Å². The molecule has 0 radical (unpaired) electrons. The van der Waals surface area contributed by atoms with Crippen molar-refractivity contribution >= 4 is 21.6 Å². The molecule has 13 heteroatoms. The summed E-state index contributed by atoms with van der Waals surface area (Å²) in [5, 5.41) is 13.6. The van der Waals surface area contributed by atoms with Crippen molar-refractivity contribution in [1.29, 1.82) is 0 Å². The van der Waals surface area contributed by atoms with Gasteiger partial charge in [0.2, 0.25) is 15.9 Å². The summed E-state index contributed by atoms with van der Waals surface area (Å²) < 4.78 is 50.4. The molecule has 3 N–H and O–H groups in total. The first kappa shape index (κ1) is 31.6. The standard InChI is InChI=1S/C32H36FN7O4S/c1-19-8-9-21(30(34)41)16-32(19,26-14-22(31(3,4)5)15-27(29(26)44-6)37-45(7,42)43)39-18-28(36-38-39)25-17-35-40(20(25)2)24-12-10-23(33)11-13-24/h8-15,17-18,37H,16H2,1-7H3,(H2,34,41). The number of ether oxygens (including phenoxy) is 1. The van der Waals surface area contributed by atoms with E-state index in [1.54, 1.807) is 52.1 Å². The van der Waals surface area contributed by atoms with Crippen LogP contribution in [-0.2, 0) is 25.8 Å². The molecule has 11 nitrogen and oxygen atoms in total. The number of methoxy groups -OCH3 is 1. The first-order valence-electron chi connectivity index (χ1n) is 14.2. The second kappa shape index (κ2) is 11.3. The van der Waals surface area contributed by atoms with Crippen LogP contribution in [0.4, 0.5) is 10.1 Å². The quantitative estimate of drug-likeness (QED) is 0.284. The molecule has 0 saturated heterocycles. The number of aromatic nitrogens is 5. The van der Waals surface area contributed by atoms with Crippen LogP contribution in [0.2, 0.25) is 0 Å². The minimum Gasteiger partial charge on any atom is -0.494 e. The Bertz CT molecular complexity index is 1970. The van der Waals surface area contributed by atoms with Crippen LogP contribution in [0.5, 0.6) is 5.75 Å². The average Bonchev–Trinajstić information content (AvgIpc) is 3.59. The summed E-state index contributed by atoms with van der Waals surface area (Å²) in [6.45, 7) is 9.83. The van der Waals surface area contributed by atoms with E-state index in [0.29, 0.717) is 28.1 Å². The summed E-state index contributed by atoms with van der Waals surface area (Å²) in [6.07, 6.45) is 8.07. The number of anilines is 1. The number of nitrogens with one attached hydrogen (secondary N) is 1. The van der Waals surface area contributed by atoms with Crippen molar-refractivity contribution in [2.75, 3.05) is 18.1 Å². The summed E-state index contributed by atoms with van der Waals surface area (Å²) in [4.78, 5) is 12.6. The Morgan fingerprint density at radius 1 is 1.13 bits per heavy atom. The van der Waals surface area contributed by atoms with Crippen LogP contribution in [0.15, 0.2) is 72.1 Å². The zero-order chi connectivity index (χ0) is 32.9. The lowest BCUT2D eigenvalue weighted by atomic mass is 9.72. The number of allylic oxidation sites excluding steroid dienone is 3. The Kier molecular flexibility index (Phi) is 7.94. The number of hydrogen-bond acceptors (Lipinski definition) is 7. The van der Waals surface area contributed by atoms with Gasteiger partial charge in [0, 0.05) is 23.1 Å². The molecule has 1 amide bonds. The third kappa shape index (κ3) is 5.87. The van der Waals surface area contributed by atoms with Crippen molar-refractivity contribution in [1.82, 2.24) is 24.8 Å². The number of carbonyl (C=O) groups excluding carboxylic acids is 1. The second-order valence-electron chi connectivity index (χ2n) is 12.3. The number of primary amides is 1. The molecule has 2 aromatic heterocycles. The third-order valence-corrected chi connectivity index (χ3v) is 8.68. The van der Waals surface area contributed by atoms with Gasteiger partial charge in [0.1, 0.15) is 22.8 Å². The van der Waals surface area contributed by atoms with Crippen LogP contribution in [0, 0.1) is 12.7 Å². The van der Waals surface area contributed by atoms with Gasteiger partial charge in [0.05, 0.1) is 42.8 Å². The Hall–Kier alpha value is -4.78. The Labute approximate surface area is 261 Å². The molecule has 1 aliphatic rings. The fraction of sp³-hybridized carbons (Fsp3) is 0.312. The SMILES string of the molecule is COc1c(NS(C)(=O)=O)cc(C(C)(C)C)cc1C1(n2cc(-c3cnn(-c4ccc(F)cc4)c3C)nn2)CC(C(N)=O)=CC=C1C. The molecule has 0 saturated carbocycles. The maximum atomic E-state index is 13.6. The Morgan fingerprint density at radius 3 is 2.42 bits per heavy atom. The highest BCUT2D eigenvalue weighted by molar-refractivity contribution is 7.92. The molecule has 2 aromatic carbocycles. The normalized spacial score (nSPS) is 17.1. The van der Waals surface area contributed by atoms with E-state index in [9.17, 15) is 17.6 Å². The van der Waals surface area contributed by atoms with Crippen LogP contribution in [-0.4, -0.2) is 52.5 Å². The number of rotatable bonds is 8. The first-order valence-corrected chi connectivity index (χ1v) is 16.1. The predicted molar refractivity (Wildman–Crippen MR) is 170 cm³/mol. The summed E-state index contributed by atoms with van der Waals surface area (Å²) in [7, 11) is -2.23. The van der Waals surface area contributed by atoms with Gasteiger partial charge in [0.25, 0.3) is 0 Å². The lowest BCUT2D eigenvalue weighted by Crippen LogP contribution is -2.41. The van der Waals surface area contributed by atoms with Gasteiger partial charge in [-0.05, 0) is 66.8 Å². The van der Waals surface area contributed by atoms with Gasteiger partial charge in [-0.15, -0.1) is 5.10 Å². The highest BCUT2D eigenvalue weighted by atomic mass is 32.2. The molecule has 5 rings (SSSR count). The smallest absolute Gasteiger partial charge is 0.244 e. The van der Waals surface area contributed by atoms with Gasteiger partial charge in [0.15, 0.2) is 0 Å². The number of amides is 1. The molecule has 0 spiro atoms. The largest absolute Gasteiger partial charge is 0.494 e. The van der Waals surface area contributed by atoms with Crippen molar-refractivity contribution in [3.8, 4) is 22.7 Å². The molecule has 4 aromatic rings. The van der Waals surface area contributed by atoms with Crippen molar-refractivity contribution in [3.05, 3.63) is 94.7 Å². The first-order chi connectivity index (χ1) is 21.0. The number of nitrogens with zero attached hydrogens (tertiary/aromatic N) is 5. The molecule has 236 valence electrons. The third-order valence-electron chi connectivity index (χ3n) is 8.09. The van der Waals surface area contributed by atoms with E-state index in [2.05, 4.69) is 20.1 Å². The number of hydrogen-bond donors (Lipinski definition) is 2. The molecule has 2 heterocycles. The Morgan fingerprint density at radius 2 is 1.82 bits per heavy atom. The number of carbonyl (C=O) groups is 1. The van der Waals surface area contributed by atoms with E-state index in [4.69, 9.17) is 10.5 Å². The van der Waals surface area contributed by atoms with Crippen LogP contribution in [0.1, 0.15) is 50.9 Å². The van der Waals surface area contributed by atoms with Crippen LogP contribution < -0.4 is 15.2 Å². The topological polar surface area (TPSA) is 147 Å². The summed E-state index contributed by atoms with van der Waals surface area (Å²) in [5.41, 5.74) is 9.64. The molecular weight excluding hydrogens is 597 g/mol. The van der Waals surface area contributed by atoms with Crippen molar-refractivity contribution in [3.63, 3.8) is 0 Å². The molecule has 0 fully saturated rings. The van der Waals surface area contributed by atoms with E-state index in [1.807, 2.05) is 40.7 Å². The predicted octanol–water partition coefficient (Wildman–Crippen LogP) is 4.76. The zero-order valence-electron chi connectivity index (χ0n) is 26.2. The van der Waals surface area contributed by atoms with Gasteiger partial charge in [-0.2, -0.15) is 5.10 Å². The van der Waals surface area contributed by atoms with E-state index >= 15 is 0 Å². The van der Waals surface area contributed by atoms with Crippen LogP contribution >= 0.6 is 0 Å². The molecule has 1 aliphatic carbocycles. The molecular formula is C32H36FN7O4S. The summed E-state index contributed by atoms with van der Waals surface area (Å²) in [5.74, 6) is -0.678. The molecule has 1 atom stereocenters. The maximum absolute atomic E-state index is 13.6.